The van der Waals surface area contributed by atoms with Crippen molar-refractivity contribution in [3.8, 4) is 10.4 Å². The predicted molar refractivity (Wildman–Crippen MR) is 147 cm³/mol. The van der Waals surface area contributed by atoms with Crippen LogP contribution in [-0.4, -0.2) is 29.4 Å². The Hall–Kier alpha value is -4.23. The number of thiazole rings is 1. The molecule has 0 saturated heterocycles. The molecule has 0 bridgehead atoms. The standard InChI is InChI=1S/C30H27N3O3S/c1-20-32-27(28(37-20)22-11-6-3-7-12-22)30(35)33-23(16-15-21-9-4-2-5-10-21)19-31-29(34)25-13-8-14-26-24(25)17-18-36-26/h2-14,17-18,23H,15-16,19H2,1H3,(H,31,34)(H,33,35). The lowest BCUT2D eigenvalue weighted by Gasteiger charge is -2.20. The molecule has 0 aliphatic rings. The van der Waals surface area contributed by atoms with Gasteiger partial charge in [-0.05, 0) is 49.1 Å². The molecular weight excluding hydrogens is 482 g/mol. The van der Waals surface area contributed by atoms with E-state index in [2.05, 4.69) is 27.8 Å². The van der Waals surface area contributed by atoms with Crippen molar-refractivity contribution in [3.05, 3.63) is 113 Å². The first-order chi connectivity index (χ1) is 18.1. The van der Waals surface area contributed by atoms with Gasteiger partial charge in [-0.3, -0.25) is 9.59 Å². The van der Waals surface area contributed by atoms with Crippen LogP contribution in [0.4, 0.5) is 0 Å². The van der Waals surface area contributed by atoms with Crippen LogP contribution in [0.25, 0.3) is 21.4 Å². The third kappa shape index (κ3) is 5.78. The number of hydrogen-bond donors (Lipinski definition) is 2. The van der Waals surface area contributed by atoms with Crippen LogP contribution in [0.15, 0.2) is 95.6 Å². The van der Waals surface area contributed by atoms with Crippen LogP contribution in [0.2, 0.25) is 0 Å². The summed E-state index contributed by atoms with van der Waals surface area (Å²) < 4.78 is 5.43. The Morgan fingerprint density at radius 3 is 2.46 bits per heavy atom. The molecule has 0 aliphatic carbocycles. The summed E-state index contributed by atoms with van der Waals surface area (Å²) in [6.45, 7) is 2.19. The Labute approximate surface area is 219 Å². The second kappa shape index (κ2) is 11.2. The Morgan fingerprint density at radius 1 is 0.919 bits per heavy atom. The van der Waals surface area contributed by atoms with Crippen LogP contribution >= 0.6 is 11.3 Å². The van der Waals surface area contributed by atoms with E-state index in [0.717, 1.165) is 27.3 Å². The predicted octanol–water partition coefficient (Wildman–Crippen LogP) is 6.03. The fourth-order valence-corrected chi connectivity index (χ4v) is 5.26. The molecule has 0 fully saturated rings. The lowest BCUT2D eigenvalue weighted by Crippen LogP contribution is -2.44. The van der Waals surface area contributed by atoms with Gasteiger partial charge in [0.25, 0.3) is 11.8 Å². The molecule has 6 nitrogen and oxygen atoms in total. The molecule has 2 aromatic heterocycles. The molecule has 0 spiro atoms. The van der Waals surface area contributed by atoms with Crippen molar-refractivity contribution in [1.82, 2.24) is 15.6 Å². The summed E-state index contributed by atoms with van der Waals surface area (Å²) >= 11 is 1.50. The summed E-state index contributed by atoms with van der Waals surface area (Å²) in [5.74, 6) is -0.451. The zero-order chi connectivity index (χ0) is 25.6. The van der Waals surface area contributed by atoms with Crippen LogP contribution in [0.5, 0.6) is 0 Å². The van der Waals surface area contributed by atoms with Gasteiger partial charge in [0.05, 0.1) is 21.7 Å². The van der Waals surface area contributed by atoms with Gasteiger partial charge in [0.1, 0.15) is 11.3 Å². The Morgan fingerprint density at radius 2 is 1.68 bits per heavy atom. The Bertz CT molecular complexity index is 1510. The first-order valence-corrected chi connectivity index (χ1v) is 13.0. The van der Waals surface area contributed by atoms with Gasteiger partial charge in [-0.2, -0.15) is 0 Å². The van der Waals surface area contributed by atoms with Crippen LogP contribution in [0, 0.1) is 6.92 Å². The summed E-state index contributed by atoms with van der Waals surface area (Å²) in [6, 6.07) is 26.8. The summed E-state index contributed by atoms with van der Waals surface area (Å²) in [5, 5.41) is 7.74. The monoisotopic (exact) mass is 509 g/mol. The van der Waals surface area contributed by atoms with Crippen molar-refractivity contribution in [2.45, 2.75) is 25.8 Å². The maximum atomic E-state index is 13.4. The molecule has 2 N–H and O–H groups in total. The maximum absolute atomic E-state index is 13.4. The number of carbonyl (C=O) groups excluding carboxylic acids is 2. The first kappa shape index (κ1) is 24.5. The van der Waals surface area contributed by atoms with Gasteiger partial charge in [0.2, 0.25) is 0 Å². The molecule has 1 atom stereocenters. The second-order valence-electron chi connectivity index (χ2n) is 8.82. The van der Waals surface area contributed by atoms with E-state index in [1.54, 1.807) is 24.5 Å². The van der Waals surface area contributed by atoms with Crippen molar-refractivity contribution in [2.75, 3.05) is 6.54 Å². The van der Waals surface area contributed by atoms with Crippen molar-refractivity contribution in [3.63, 3.8) is 0 Å². The van der Waals surface area contributed by atoms with Crippen LogP contribution < -0.4 is 10.6 Å². The summed E-state index contributed by atoms with van der Waals surface area (Å²) in [5.41, 5.74) is 3.74. The van der Waals surface area contributed by atoms with Crippen molar-refractivity contribution in [1.29, 1.82) is 0 Å². The molecule has 37 heavy (non-hydrogen) atoms. The Balaban J connectivity index is 1.34. The number of amides is 2. The number of aromatic nitrogens is 1. The van der Waals surface area contributed by atoms with Gasteiger partial charge in [-0.1, -0.05) is 66.7 Å². The number of benzene rings is 3. The molecule has 5 rings (SSSR count). The minimum atomic E-state index is -0.286. The average Bonchev–Trinajstić information content (AvgIpc) is 3.57. The largest absolute Gasteiger partial charge is 0.464 e. The zero-order valence-corrected chi connectivity index (χ0v) is 21.3. The highest BCUT2D eigenvalue weighted by Crippen LogP contribution is 2.30. The third-order valence-corrected chi connectivity index (χ3v) is 7.21. The quantitative estimate of drug-likeness (QED) is 0.254. The third-order valence-electron chi connectivity index (χ3n) is 6.19. The number of fused-ring (bicyclic) bond motifs is 1. The van der Waals surface area contributed by atoms with Gasteiger partial charge in [-0.25, -0.2) is 4.98 Å². The average molecular weight is 510 g/mol. The smallest absolute Gasteiger partial charge is 0.271 e. The fraction of sp³-hybridized carbons (Fsp3) is 0.167. The number of aryl methyl sites for hydroxylation is 2. The van der Waals surface area contributed by atoms with Crippen molar-refractivity contribution < 1.29 is 14.0 Å². The normalized spacial score (nSPS) is 11.8. The minimum absolute atomic E-state index is 0.208. The minimum Gasteiger partial charge on any atom is -0.464 e. The number of nitrogens with one attached hydrogen (secondary N) is 2. The van der Waals surface area contributed by atoms with E-state index < -0.39 is 0 Å². The molecular formula is C30H27N3O3S. The van der Waals surface area contributed by atoms with E-state index >= 15 is 0 Å². The fourth-order valence-electron chi connectivity index (χ4n) is 4.33. The van der Waals surface area contributed by atoms with E-state index in [1.165, 1.54) is 16.9 Å². The molecule has 5 aromatic rings. The second-order valence-corrected chi connectivity index (χ2v) is 10.0. The number of nitrogens with zero attached hydrogens (tertiary/aromatic N) is 1. The first-order valence-electron chi connectivity index (χ1n) is 12.2. The molecule has 2 amide bonds. The van der Waals surface area contributed by atoms with E-state index in [9.17, 15) is 9.59 Å². The van der Waals surface area contributed by atoms with E-state index in [0.29, 0.717) is 23.3 Å². The van der Waals surface area contributed by atoms with E-state index in [4.69, 9.17) is 4.42 Å². The molecule has 0 aliphatic heterocycles. The van der Waals surface area contributed by atoms with E-state index in [-0.39, 0.29) is 24.4 Å². The van der Waals surface area contributed by atoms with Gasteiger partial charge in [0.15, 0.2) is 0 Å². The molecule has 1 unspecified atom stereocenters. The lowest BCUT2D eigenvalue weighted by atomic mass is 10.0. The summed E-state index contributed by atoms with van der Waals surface area (Å²) in [4.78, 5) is 31.9. The van der Waals surface area contributed by atoms with Crippen molar-refractivity contribution in [2.24, 2.45) is 0 Å². The lowest BCUT2D eigenvalue weighted by molar-refractivity contribution is 0.0905. The van der Waals surface area contributed by atoms with Crippen LogP contribution in [0.1, 0.15) is 37.8 Å². The summed E-state index contributed by atoms with van der Waals surface area (Å²) in [7, 11) is 0. The zero-order valence-electron chi connectivity index (χ0n) is 20.4. The number of rotatable bonds is 9. The molecule has 3 aromatic carbocycles. The molecule has 186 valence electrons. The topological polar surface area (TPSA) is 84.2 Å². The maximum Gasteiger partial charge on any atom is 0.271 e. The van der Waals surface area contributed by atoms with Gasteiger partial charge in [0, 0.05) is 18.0 Å². The van der Waals surface area contributed by atoms with Gasteiger partial charge < -0.3 is 15.1 Å². The number of carbonyl (C=O) groups is 2. The molecule has 2 heterocycles. The highest BCUT2D eigenvalue weighted by atomic mass is 32.1. The van der Waals surface area contributed by atoms with Crippen LogP contribution in [-0.2, 0) is 6.42 Å². The number of furan rings is 1. The SMILES string of the molecule is Cc1nc(C(=O)NC(CCc2ccccc2)CNC(=O)c2cccc3occc23)c(-c2ccccc2)s1. The number of hydrogen-bond acceptors (Lipinski definition) is 5. The molecule has 0 radical (unpaired) electrons. The Kier molecular flexibility index (Phi) is 7.42. The molecule has 0 saturated carbocycles. The van der Waals surface area contributed by atoms with Gasteiger partial charge >= 0.3 is 0 Å². The van der Waals surface area contributed by atoms with E-state index in [1.807, 2.05) is 61.5 Å². The summed E-state index contributed by atoms with van der Waals surface area (Å²) in [6.07, 6.45) is 3.00. The highest BCUT2D eigenvalue weighted by Gasteiger charge is 2.22. The van der Waals surface area contributed by atoms with Crippen molar-refractivity contribution >= 4 is 34.1 Å². The molecule has 7 heteroatoms. The van der Waals surface area contributed by atoms with Gasteiger partial charge in [-0.15, -0.1) is 11.3 Å². The highest BCUT2D eigenvalue weighted by molar-refractivity contribution is 7.15. The van der Waals surface area contributed by atoms with Crippen LogP contribution in [0.3, 0.4) is 0 Å².